The number of nitrogens with zero attached hydrogens (tertiary/aromatic N) is 1. The lowest BCUT2D eigenvalue weighted by Crippen LogP contribution is -2.45. The van der Waals surface area contributed by atoms with E-state index in [1.807, 2.05) is 0 Å². The summed E-state index contributed by atoms with van der Waals surface area (Å²) in [5.41, 5.74) is 6.58. The quantitative estimate of drug-likeness (QED) is 0.815. The highest BCUT2D eigenvalue weighted by Crippen LogP contribution is 2.49. The molecule has 0 unspecified atom stereocenters. The molecule has 104 valence electrons. The molecule has 2 nitrogen and oxygen atoms in total. The van der Waals surface area contributed by atoms with Crippen molar-refractivity contribution in [3.8, 4) is 0 Å². The number of rotatable bonds is 2. The van der Waals surface area contributed by atoms with E-state index in [-0.39, 0.29) is 0 Å². The first-order valence-corrected chi connectivity index (χ1v) is 8.25. The predicted molar refractivity (Wildman–Crippen MR) is 76.5 cm³/mol. The third-order valence-electron chi connectivity index (χ3n) is 6.18. The molecule has 1 spiro atoms. The summed E-state index contributed by atoms with van der Waals surface area (Å²) in [4.78, 5) is 2.79. The van der Waals surface area contributed by atoms with Crippen LogP contribution >= 0.6 is 0 Å². The molecule has 0 radical (unpaired) electrons. The highest BCUT2D eigenvalue weighted by molar-refractivity contribution is 4.92. The Hall–Kier alpha value is -0.0800. The fourth-order valence-electron chi connectivity index (χ4n) is 4.76. The average Bonchev–Trinajstić information content (AvgIpc) is 2.88. The van der Waals surface area contributed by atoms with Crippen LogP contribution in [0.15, 0.2) is 0 Å². The molecule has 0 aromatic heterocycles. The van der Waals surface area contributed by atoms with Gasteiger partial charge in [-0.15, -0.1) is 0 Å². The molecule has 3 rings (SSSR count). The van der Waals surface area contributed by atoms with Gasteiger partial charge >= 0.3 is 0 Å². The largest absolute Gasteiger partial charge is 0.330 e. The maximum absolute atomic E-state index is 5.79. The van der Waals surface area contributed by atoms with E-state index >= 15 is 0 Å². The molecule has 1 aliphatic heterocycles. The van der Waals surface area contributed by atoms with E-state index in [9.17, 15) is 0 Å². The molecule has 0 amide bonds. The lowest BCUT2D eigenvalue weighted by Gasteiger charge is -2.44. The second-order valence-electron chi connectivity index (χ2n) is 7.15. The van der Waals surface area contributed by atoms with Crippen LogP contribution in [0.4, 0.5) is 0 Å². The van der Waals surface area contributed by atoms with Gasteiger partial charge in [-0.25, -0.2) is 0 Å². The van der Waals surface area contributed by atoms with E-state index in [2.05, 4.69) is 4.90 Å². The Bertz CT molecular complexity index is 252. The van der Waals surface area contributed by atoms with Crippen molar-refractivity contribution in [2.45, 2.75) is 70.3 Å². The van der Waals surface area contributed by atoms with Gasteiger partial charge in [-0.3, -0.25) is 0 Å². The van der Waals surface area contributed by atoms with Gasteiger partial charge in [0.1, 0.15) is 0 Å². The Labute approximate surface area is 112 Å². The molecule has 0 bridgehead atoms. The zero-order valence-electron chi connectivity index (χ0n) is 11.9. The molecule has 3 fully saturated rings. The lowest BCUT2D eigenvalue weighted by molar-refractivity contribution is 0.0663. The molecule has 1 saturated heterocycles. The molecule has 18 heavy (non-hydrogen) atoms. The summed E-state index contributed by atoms with van der Waals surface area (Å²) in [6.45, 7) is 3.54. The molecule has 1 heterocycles. The molecule has 0 aromatic carbocycles. The van der Waals surface area contributed by atoms with Crippen LogP contribution in [0, 0.1) is 11.3 Å². The highest BCUT2D eigenvalue weighted by atomic mass is 15.2. The van der Waals surface area contributed by atoms with Crippen LogP contribution < -0.4 is 5.73 Å². The van der Waals surface area contributed by atoms with Crippen molar-refractivity contribution in [2.75, 3.05) is 19.6 Å². The first-order chi connectivity index (χ1) is 8.81. The SMILES string of the molecule is NCC1CCN(C2CCC3(CCCC3)CC2)CC1. The standard InChI is InChI=1S/C16H30N2/c17-13-14-5-11-18(12-6-14)15-3-9-16(10-4-15)7-1-2-8-16/h14-15H,1-13,17H2. The van der Waals surface area contributed by atoms with Crippen LogP contribution in [0.2, 0.25) is 0 Å². The van der Waals surface area contributed by atoms with Crippen LogP contribution in [0.25, 0.3) is 0 Å². The van der Waals surface area contributed by atoms with Crippen molar-refractivity contribution >= 4 is 0 Å². The van der Waals surface area contributed by atoms with Crippen molar-refractivity contribution in [1.29, 1.82) is 0 Å². The second-order valence-corrected chi connectivity index (χ2v) is 7.15. The third kappa shape index (κ3) is 2.60. The minimum atomic E-state index is 0.798. The monoisotopic (exact) mass is 250 g/mol. The number of nitrogens with two attached hydrogens (primary N) is 1. The van der Waals surface area contributed by atoms with Crippen LogP contribution in [-0.4, -0.2) is 30.6 Å². The van der Waals surface area contributed by atoms with Gasteiger partial charge in [-0.2, -0.15) is 0 Å². The Morgan fingerprint density at radius 2 is 1.50 bits per heavy atom. The summed E-state index contributed by atoms with van der Waals surface area (Å²) in [7, 11) is 0. The fraction of sp³-hybridized carbons (Fsp3) is 1.00. The summed E-state index contributed by atoms with van der Waals surface area (Å²) < 4.78 is 0. The smallest absolute Gasteiger partial charge is 0.00956 e. The van der Waals surface area contributed by atoms with E-state index in [4.69, 9.17) is 5.73 Å². The average molecular weight is 250 g/mol. The van der Waals surface area contributed by atoms with Crippen LogP contribution in [-0.2, 0) is 0 Å². The normalized spacial score (nSPS) is 31.2. The van der Waals surface area contributed by atoms with E-state index in [0.717, 1.165) is 23.9 Å². The molecule has 2 aliphatic carbocycles. The van der Waals surface area contributed by atoms with Gasteiger partial charge in [0.2, 0.25) is 0 Å². The van der Waals surface area contributed by atoms with E-state index in [1.54, 1.807) is 0 Å². The maximum atomic E-state index is 5.79. The van der Waals surface area contributed by atoms with E-state index < -0.39 is 0 Å². The van der Waals surface area contributed by atoms with Crippen molar-refractivity contribution in [3.05, 3.63) is 0 Å². The van der Waals surface area contributed by atoms with E-state index in [1.165, 1.54) is 77.3 Å². The zero-order chi connectivity index (χ0) is 12.4. The molecule has 2 N–H and O–H groups in total. The summed E-state index contributed by atoms with van der Waals surface area (Å²) in [5, 5.41) is 0. The molecule has 2 heteroatoms. The van der Waals surface area contributed by atoms with Gasteiger partial charge in [0.25, 0.3) is 0 Å². The molecular weight excluding hydrogens is 220 g/mol. The summed E-state index contributed by atoms with van der Waals surface area (Å²) >= 11 is 0. The van der Waals surface area contributed by atoms with Gasteiger partial charge in [-0.1, -0.05) is 12.8 Å². The molecular formula is C16H30N2. The van der Waals surface area contributed by atoms with Crippen molar-refractivity contribution in [2.24, 2.45) is 17.1 Å². The van der Waals surface area contributed by atoms with Crippen molar-refractivity contribution in [3.63, 3.8) is 0 Å². The van der Waals surface area contributed by atoms with Gasteiger partial charge in [0.05, 0.1) is 0 Å². The topological polar surface area (TPSA) is 29.3 Å². The van der Waals surface area contributed by atoms with Gasteiger partial charge in [-0.05, 0) is 82.3 Å². The van der Waals surface area contributed by atoms with Gasteiger partial charge in [0, 0.05) is 6.04 Å². The van der Waals surface area contributed by atoms with Crippen molar-refractivity contribution in [1.82, 2.24) is 4.90 Å². The third-order valence-corrected chi connectivity index (χ3v) is 6.18. The predicted octanol–water partition coefficient (Wildman–Crippen LogP) is 3.16. The first-order valence-electron chi connectivity index (χ1n) is 8.25. The number of likely N-dealkylation sites (tertiary alicyclic amines) is 1. The molecule has 3 aliphatic rings. The van der Waals surface area contributed by atoms with Crippen LogP contribution in [0.3, 0.4) is 0 Å². The lowest BCUT2D eigenvalue weighted by atomic mass is 9.71. The first kappa shape index (κ1) is 12.9. The molecule has 2 saturated carbocycles. The minimum Gasteiger partial charge on any atom is -0.330 e. The number of piperidine rings is 1. The summed E-state index contributed by atoms with van der Waals surface area (Å²) in [6.07, 6.45) is 14.8. The number of hydrogen-bond acceptors (Lipinski definition) is 2. The Morgan fingerprint density at radius 3 is 2.06 bits per heavy atom. The van der Waals surface area contributed by atoms with Crippen LogP contribution in [0.5, 0.6) is 0 Å². The number of hydrogen-bond donors (Lipinski definition) is 1. The van der Waals surface area contributed by atoms with E-state index in [0.29, 0.717) is 0 Å². The van der Waals surface area contributed by atoms with Crippen molar-refractivity contribution < 1.29 is 0 Å². The van der Waals surface area contributed by atoms with Gasteiger partial charge < -0.3 is 10.6 Å². The summed E-state index contributed by atoms with van der Waals surface area (Å²) in [6, 6.07) is 0.912. The minimum absolute atomic E-state index is 0.798. The maximum Gasteiger partial charge on any atom is 0.00956 e. The fourth-order valence-corrected chi connectivity index (χ4v) is 4.76. The Morgan fingerprint density at radius 1 is 0.889 bits per heavy atom. The highest BCUT2D eigenvalue weighted by Gasteiger charge is 2.39. The molecule has 0 aromatic rings. The zero-order valence-corrected chi connectivity index (χ0v) is 11.9. The van der Waals surface area contributed by atoms with Crippen LogP contribution in [0.1, 0.15) is 64.2 Å². The Balaban J connectivity index is 1.48. The Kier molecular flexibility index (Phi) is 3.95. The second kappa shape index (κ2) is 5.50. The van der Waals surface area contributed by atoms with Gasteiger partial charge in [0.15, 0.2) is 0 Å². The molecule has 0 atom stereocenters. The summed E-state index contributed by atoms with van der Waals surface area (Å²) in [5.74, 6) is 0.811.